The van der Waals surface area contributed by atoms with Gasteiger partial charge in [-0.2, -0.15) is 0 Å². The number of methoxy groups -OCH3 is 1. The van der Waals surface area contributed by atoms with Crippen molar-refractivity contribution in [3.63, 3.8) is 0 Å². The number of anilines is 1. The van der Waals surface area contributed by atoms with Gasteiger partial charge in [0.2, 0.25) is 0 Å². The maximum absolute atomic E-state index is 5.64. The normalized spacial score (nSPS) is 10.3. The van der Waals surface area contributed by atoms with E-state index in [-0.39, 0.29) is 0 Å². The quantitative estimate of drug-likeness (QED) is 0.722. The van der Waals surface area contributed by atoms with Crippen LogP contribution >= 0.6 is 22.6 Å². The lowest BCUT2D eigenvalue weighted by molar-refractivity contribution is 0.308. The van der Waals surface area contributed by atoms with E-state index in [0.717, 1.165) is 27.3 Å². The molecule has 0 saturated carbocycles. The average molecular weight is 397 g/mol. The Hall–Kier alpha value is -1.43. The zero-order valence-electron chi connectivity index (χ0n) is 12.6. The number of aryl methyl sites for hydroxylation is 1. The number of ether oxygens (including phenoxy) is 2. The van der Waals surface area contributed by atoms with Crippen molar-refractivity contribution in [3.05, 3.63) is 51.1 Å². The number of rotatable bonds is 6. The highest BCUT2D eigenvalue weighted by atomic mass is 127. The minimum atomic E-state index is 0.632. The van der Waals surface area contributed by atoms with Crippen LogP contribution in [0.25, 0.3) is 0 Å². The molecule has 0 aliphatic rings. The molecule has 21 heavy (non-hydrogen) atoms. The SMILES string of the molecule is CCOc1c(I)cc(CNc2ccccc2C)cc1OC. The molecule has 0 bridgehead atoms. The van der Waals surface area contributed by atoms with Crippen LogP contribution in [0.3, 0.4) is 0 Å². The molecular weight excluding hydrogens is 377 g/mol. The fraction of sp³-hybridized carbons (Fsp3) is 0.294. The molecule has 0 saturated heterocycles. The van der Waals surface area contributed by atoms with Crippen LogP contribution in [-0.4, -0.2) is 13.7 Å². The maximum Gasteiger partial charge on any atom is 0.174 e. The van der Waals surface area contributed by atoms with Gasteiger partial charge in [-0.05, 0) is 65.8 Å². The highest BCUT2D eigenvalue weighted by Crippen LogP contribution is 2.34. The van der Waals surface area contributed by atoms with Crippen LogP contribution in [0.15, 0.2) is 36.4 Å². The molecule has 0 fully saturated rings. The third-order valence-electron chi connectivity index (χ3n) is 3.21. The number of nitrogens with one attached hydrogen (secondary N) is 1. The third-order valence-corrected chi connectivity index (χ3v) is 4.01. The fourth-order valence-corrected chi connectivity index (χ4v) is 2.95. The van der Waals surface area contributed by atoms with Crippen LogP contribution in [0, 0.1) is 10.5 Å². The van der Waals surface area contributed by atoms with Crippen molar-refractivity contribution in [2.24, 2.45) is 0 Å². The summed E-state index contributed by atoms with van der Waals surface area (Å²) in [7, 11) is 1.67. The van der Waals surface area contributed by atoms with Crippen molar-refractivity contribution < 1.29 is 9.47 Å². The molecule has 0 heterocycles. The van der Waals surface area contributed by atoms with Gasteiger partial charge in [-0.25, -0.2) is 0 Å². The van der Waals surface area contributed by atoms with Gasteiger partial charge >= 0.3 is 0 Å². The number of para-hydroxylation sites is 1. The topological polar surface area (TPSA) is 30.5 Å². The Morgan fingerprint density at radius 2 is 1.95 bits per heavy atom. The van der Waals surface area contributed by atoms with Crippen molar-refractivity contribution in [3.8, 4) is 11.5 Å². The summed E-state index contributed by atoms with van der Waals surface area (Å²) >= 11 is 2.29. The third kappa shape index (κ3) is 4.03. The van der Waals surface area contributed by atoms with Crippen molar-refractivity contribution in [2.45, 2.75) is 20.4 Å². The molecule has 2 rings (SSSR count). The van der Waals surface area contributed by atoms with E-state index in [0.29, 0.717) is 6.61 Å². The van der Waals surface area contributed by atoms with Gasteiger partial charge in [-0.3, -0.25) is 0 Å². The van der Waals surface area contributed by atoms with E-state index in [1.165, 1.54) is 11.1 Å². The molecule has 2 aromatic rings. The highest BCUT2D eigenvalue weighted by molar-refractivity contribution is 14.1. The smallest absolute Gasteiger partial charge is 0.174 e. The molecule has 4 heteroatoms. The van der Waals surface area contributed by atoms with Crippen LogP contribution in [-0.2, 0) is 6.54 Å². The van der Waals surface area contributed by atoms with Crippen LogP contribution in [0.1, 0.15) is 18.1 Å². The van der Waals surface area contributed by atoms with Crippen molar-refractivity contribution >= 4 is 28.3 Å². The lowest BCUT2D eigenvalue weighted by Gasteiger charge is -2.14. The van der Waals surface area contributed by atoms with Crippen LogP contribution in [0.5, 0.6) is 11.5 Å². The van der Waals surface area contributed by atoms with Crippen molar-refractivity contribution in [1.29, 1.82) is 0 Å². The molecule has 0 unspecified atom stereocenters. The Kier molecular flexibility index (Phi) is 5.73. The Bertz CT molecular complexity index is 614. The van der Waals surface area contributed by atoms with Gasteiger partial charge in [0.15, 0.2) is 11.5 Å². The fourth-order valence-electron chi connectivity index (χ4n) is 2.13. The van der Waals surface area contributed by atoms with E-state index >= 15 is 0 Å². The number of hydrogen-bond acceptors (Lipinski definition) is 3. The minimum absolute atomic E-state index is 0.632. The van der Waals surface area contributed by atoms with E-state index in [9.17, 15) is 0 Å². The second-order valence-electron chi connectivity index (χ2n) is 4.71. The van der Waals surface area contributed by atoms with Gasteiger partial charge in [-0.1, -0.05) is 18.2 Å². The molecule has 0 aromatic heterocycles. The van der Waals surface area contributed by atoms with Gasteiger partial charge in [0.05, 0.1) is 17.3 Å². The predicted molar refractivity (Wildman–Crippen MR) is 95.4 cm³/mol. The molecule has 3 nitrogen and oxygen atoms in total. The summed E-state index contributed by atoms with van der Waals surface area (Å²) in [5, 5.41) is 3.46. The molecule has 0 amide bonds. The molecule has 0 aliphatic carbocycles. The van der Waals surface area contributed by atoms with E-state index in [1.807, 2.05) is 25.1 Å². The first-order valence-electron chi connectivity index (χ1n) is 6.94. The zero-order chi connectivity index (χ0) is 15.2. The first-order chi connectivity index (χ1) is 10.2. The first kappa shape index (κ1) is 15.9. The van der Waals surface area contributed by atoms with Crippen molar-refractivity contribution in [2.75, 3.05) is 19.0 Å². The van der Waals surface area contributed by atoms with Crippen LogP contribution in [0.4, 0.5) is 5.69 Å². The number of benzene rings is 2. The van der Waals surface area contributed by atoms with Crippen LogP contribution in [0.2, 0.25) is 0 Å². The second kappa shape index (κ2) is 7.54. The number of hydrogen-bond donors (Lipinski definition) is 1. The van der Waals surface area contributed by atoms with Crippen molar-refractivity contribution in [1.82, 2.24) is 0 Å². The average Bonchev–Trinajstić information content (AvgIpc) is 2.48. The summed E-state index contributed by atoms with van der Waals surface area (Å²) in [5.41, 5.74) is 3.56. The van der Waals surface area contributed by atoms with E-state index in [4.69, 9.17) is 9.47 Å². The molecule has 1 N–H and O–H groups in total. The summed E-state index contributed by atoms with van der Waals surface area (Å²) in [6, 6.07) is 12.4. The van der Waals surface area contributed by atoms with Gasteiger partial charge in [0.25, 0.3) is 0 Å². The second-order valence-corrected chi connectivity index (χ2v) is 5.87. The molecular formula is C17H20INO2. The lowest BCUT2D eigenvalue weighted by Crippen LogP contribution is -2.04. The van der Waals surface area contributed by atoms with Gasteiger partial charge < -0.3 is 14.8 Å². The zero-order valence-corrected chi connectivity index (χ0v) is 14.7. The molecule has 2 aromatic carbocycles. The molecule has 112 valence electrons. The van der Waals surface area contributed by atoms with Crippen LogP contribution < -0.4 is 14.8 Å². The maximum atomic E-state index is 5.64. The Balaban J connectivity index is 2.17. The summed E-state index contributed by atoms with van der Waals surface area (Å²) in [6.07, 6.45) is 0. The van der Waals surface area contributed by atoms with E-state index in [2.05, 4.69) is 53.0 Å². The minimum Gasteiger partial charge on any atom is -0.493 e. The molecule has 0 spiro atoms. The van der Waals surface area contributed by atoms with E-state index < -0.39 is 0 Å². The Morgan fingerprint density at radius 3 is 2.62 bits per heavy atom. The predicted octanol–water partition coefficient (Wildman–Crippen LogP) is 4.62. The van der Waals surface area contributed by atoms with Gasteiger partial charge in [0, 0.05) is 12.2 Å². The standard InChI is InChI=1S/C17H20INO2/c1-4-21-17-14(18)9-13(10-16(17)20-3)11-19-15-8-6-5-7-12(15)2/h5-10,19H,4,11H2,1-3H3. The summed E-state index contributed by atoms with van der Waals surface area (Å²) in [5.74, 6) is 1.60. The van der Waals surface area contributed by atoms with E-state index in [1.54, 1.807) is 7.11 Å². The summed E-state index contributed by atoms with van der Waals surface area (Å²) in [4.78, 5) is 0. The van der Waals surface area contributed by atoms with Gasteiger partial charge in [0.1, 0.15) is 0 Å². The lowest BCUT2D eigenvalue weighted by atomic mass is 10.1. The Labute approximate surface area is 139 Å². The Morgan fingerprint density at radius 1 is 1.19 bits per heavy atom. The highest BCUT2D eigenvalue weighted by Gasteiger charge is 2.11. The summed E-state index contributed by atoms with van der Waals surface area (Å²) in [6.45, 7) is 5.46. The molecule has 0 atom stereocenters. The summed E-state index contributed by atoms with van der Waals surface area (Å²) < 4.78 is 12.1. The monoisotopic (exact) mass is 397 g/mol. The molecule has 0 radical (unpaired) electrons. The molecule has 0 aliphatic heterocycles. The number of halogens is 1. The largest absolute Gasteiger partial charge is 0.493 e. The van der Waals surface area contributed by atoms with Gasteiger partial charge in [-0.15, -0.1) is 0 Å². The first-order valence-corrected chi connectivity index (χ1v) is 8.02.